The van der Waals surface area contributed by atoms with Crippen LogP contribution in [0.5, 0.6) is 5.75 Å². The third-order valence-corrected chi connectivity index (χ3v) is 5.71. The number of carbonyl (C=O) groups is 1. The van der Waals surface area contributed by atoms with Crippen molar-refractivity contribution in [3.05, 3.63) is 41.9 Å². The highest BCUT2D eigenvalue weighted by atomic mass is 32.2. The fourth-order valence-corrected chi connectivity index (χ4v) is 4.37. The average molecular weight is 348 g/mol. The van der Waals surface area contributed by atoms with Crippen molar-refractivity contribution >= 4 is 21.6 Å². The summed E-state index contributed by atoms with van der Waals surface area (Å²) in [6.45, 7) is -0.0668. The van der Waals surface area contributed by atoms with Crippen LogP contribution in [0.2, 0.25) is 0 Å². The predicted molar refractivity (Wildman–Crippen MR) is 85.3 cm³/mol. The molecule has 2 aromatic rings. The number of ether oxygens (including phenoxy) is 1. The van der Waals surface area contributed by atoms with E-state index < -0.39 is 10.0 Å². The number of hydrogen-bond donors (Lipinski definition) is 2. The highest BCUT2D eigenvalue weighted by Crippen LogP contribution is 2.33. The fraction of sp³-hybridized carbons (Fsp3) is 0.312. The number of sulfonamides is 1. The van der Waals surface area contributed by atoms with E-state index in [9.17, 15) is 13.2 Å². The maximum absolute atomic E-state index is 12.7. The molecule has 0 saturated heterocycles. The maximum Gasteiger partial charge on any atom is 0.262 e. The normalized spacial score (nSPS) is 19.8. The first-order valence-corrected chi connectivity index (χ1v) is 9.16. The number of carbonyl (C=O) groups excluding carboxylic acids is 1. The summed E-state index contributed by atoms with van der Waals surface area (Å²) >= 11 is 0. The van der Waals surface area contributed by atoms with Gasteiger partial charge >= 0.3 is 0 Å². The highest BCUT2D eigenvalue weighted by Gasteiger charge is 2.28. The summed E-state index contributed by atoms with van der Waals surface area (Å²) in [6.07, 6.45) is 3.99. The van der Waals surface area contributed by atoms with Crippen LogP contribution in [0.1, 0.15) is 30.2 Å². The van der Waals surface area contributed by atoms with E-state index in [1.54, 1.807) is 12.3 Å². The SMILES string of the molecule is O=C1COc2ccc(S(=O)(=O)NC3CCCc4occc43)cc2N1. The van der Waals surface area contributed by atoms with E-state index >= 15 is 0 Å². The van der Waals surface area contributed by atoms with Gasteiger partial charge in [-0.25, -0.2) is 13.1 Å². The zero-order valence-electron chi connectivity index (χ0n) is 12.7. The first-order valence-electron chi connectivity index (χ1n) is 7.68. The van der Waals surface area contributed by atoms with Crippen LogP contribution >= 0.6 is 0 Å². The lowest BCUT2D eigenvalue weighted by Crippen LogP contribution is -2.31. The fourth-order valence-electron chi connectivity index (χ4n) is 3.09. The molecule has 1 aliphatic heterocycles. The van der Waals surface area contributed by atoms with Crippen molar-refractivity contribution in [2.24, 2.45) is 0 Å². The second kappa shape index (κ2) is 5.64. The van der Waals surface area contributed by atoms with Gasteiger partial charge in [-0.15, -0.1) is 0 Å². The second-order valence-electron chi connectivity index (χ2n) is 5.86. The Morgan fingerprint density at radius 2 is 2.12 bits per heavy atom. The quantitative estimate of drug-likeness (QED) is 0.884. The molecule has 0 fully saturated rings. The van der Waals surface area contributed by atoms with Gasteiger partial charge in [0.05, 0.1) is 22.9 Å². The Kier molecular flexibility index (Phi) is 3.58. The summed E-state index contributed by atoms with van der Waals surface area (Å²) in [5, 5.41) is 2.62. The molecule has 0 spiro atoms. The third-order valence-electron chi connectivity index (χ3n) is 4.24. The standard InChI is InChI=1S/C16H16N2O5S/c19-16-9-23-15-5-4-10(8-13(15)17-16)24(20,21)18-12-2-1-3-14-11(12)6-7-22-14/h4-8,12,18H,1-3,9H2,(H,17,19). The molecule has 24 heavy (non-hydrogen) atoms. The Morgan fingerprint density at radius 3 is 3.00 bits per heavy atom. The van der Waals surface area contributed by atoms with Crippen LogP contribution < -0.4 is 14.8 Å². The lowest BCUT2D eigenvalue weighted by atomic mass is 9.94. The van der Waals surface area contributed by atoms with Crippen LogP contribution in [0.25, 0.3) is 0 Å². The van der Waals surface area contributed by atoms with Gasteiger partial charge in [-0.1, -0.05) is 0 Å². The molecular weight excluding hydrogens is 332 g/mol. The molecule has 7 nitrogen and oxygen atoms in total. The number of nitrogens with one attached hydrogen (secondary N) is 2. The van der Waals surface area contributed by atoms with E-state index in [2.05, 4.69) is 10.0 Å². The largest absolute Gasteiger partial charge is 0.482 e. The Balaban J connectivity index is 1.62. The van der Waals surface area contributed by atoms with Crippen LogP contribution in [-0.4, -0.2) is 20.9 Å². The van der Waals surface area contributed by atoms with Gasteiger partial charge in [-0.3, -0.25) is 4.79 Å². The summed E-state index contributed by atoms with van der Waals surface area (Å²) in [6, 6.07) is 5.93. The summed E-state index contributed by atoms with van der Waals surface area (Å²) < 4.78 is 38.8. The van der Waals surface area contributed by atoms with Crippen molar-refractivity contribution in [3.8, 4) is 5.75 Å². The zero-order chi connectivity index (χ0) is 16.7. The smallest absolute Gasteiger partial charge is 0.262 e. The van der Waals surface area contributed by atoms with Crippen molar-refractivity contribution in [2.75, 3.05) is 11.9 Å². The Labute approximate surface area is 139 Å². The van der Waals surface area contributed by atoms with E-state index in [-0.39, 0.29) is 23.5 Å². The van der Waals surface area contributed by atoms with Crippen molar-refractivity contribution < 1.29 is 22.4 Å². The van der Waals surface area contributed by atoms with Crippen LogP contribution in [0.4, 0.5) is 5.69 Å². The molecular formula is C16H16N2O5S. The van der Waals surface area contributed by atoms with Crippen LogP contribution in [-0.2, 0) is 21.2 Å². The Hall–Kier alpha value is -2.32. The molecule has 126 valence electrons. The number of fused-ring (bicyclic) bond motifs is 2. The molecule has 2 heterocycles. The Morgan fingerprint density at radius 1 is 1.25 bits per heavy atom. The van der Waals surface area contributed by atoms with Gasteiger partial charge in [-0.05, 0) is 37.1 Å². The molecule has 1 unspecified atom stereocenters. The average Bonchev–Trinajstić information content (AvgIpc) is 3.03. The van der Waals surface area contributed by atoms with Crippen molar-refractivity contribution in [3.63, 3.8) is 0 Å². The summed E-state index contributed by atoms with van der Waals surface area (Å²) in [5.74, 6) is 0.990. The number of rotatable bonds is 3. The molecule has 0 saturated carbocycles. The third kappa shape index (κ3) is 2.67. The van der Waals surface area contributed by atoms with Gasteiger partial charge in [-0.2, -0.15) is 0 Å². The van der Waals surface area contributed by atoms with E-state index in [4.69, 9.17) is 9.15 Å². The molecule has 1 aliphatic carbocycles. The summed E-state index contributed by atoms with van der Waals surface area (Å²) in [5.41, 5.74) is 1.25. The first-order chi connectivity index (χ1) is 11.5. The minimum Gasteiger partial charge on any atom is -0.482 e. The molecule has 8 heteroatoms. The maximum atomic E-state index is 12.7. The van der Waals surface area contributed by atoms with Crippen molar-refractivity contribution in [1.29, 1.82) is 0 Å². The highest BCUT2D eigenvalue weighted by molar-refractivity contribution is 7.89. The monoisotopic (exact) mass is 348 g/mol. The second-order valence-corrected chi connectivity index (χ2v) is 7.57. The number of aryl methyl sites for hydroxylation is 1. The van der Waals surface area contributed by atoms with Gasteiger partial charge < -0.3 is 14.5 Å². The molecule has 1 amide bonds. The van der Waals surface area contributed by atoms with Crippen LogP contribution in [0, 0.1) is 0 Å². The van der Waals surface area contributed by atoms with Crippen molar-refractivity contribution in [2.45, 2.75) is 30.2 Å². The predicted octanol–water partition coefficient (Wildman–Crippen LogP) is 1.97. The van der Waals surface area contributed by atoms with E-state index in [1.807, 2.05) is 6.07 Å². The number of amides is 1. The van der Waals surface area contributed by atoms with Gasteiger partial charge in [0.25, 0.3) is 5.91 Å². The van der Waals surface area contributed by atoms with Crippen LogP contribution in [0.3, 0.4) is 0 Å². The molecule has 4 rings (SSSR count). The van der Waals surface area contributed by atoms with Gasteiger partial charge in [0.15, 0.2) is 6.61 Å². The molecule has 2 N–H and O–H groups in total. The molecule has 2 aliphatic rings. The van der Waals surface area contributed by atoms with Crippen LogP contribution in [0.15, 0.2) is 39.8 Å². The molecule has 1 aromatic carbocycles. The first kappa shape index (κ1) is 15.2. The van der Waals surface area contributed by atoms with E-state index in [0.29, 0.717) is 11.4 Å². The molecule has 0 bridgehead atoms. The minimum atomic E-state index is -3.73. The van der Waals surface area contributed by atoms with E-state index in [1.165, 1.54) is 12.1 Å². The summed E-state index contributed by atoms with van der Waals surface area (Å²) in [7, 11) is -3.73. The molecule has 1 aromatic heterocycles. The number of furan rings is 1. The number of hydrogen-bond acceptors (Lipinski definition) is 5. The van der Waals surface area contributed by atoms with E-state index in [0.717, 1.165) is 30.6 Å². The molecule has 0 radical (unpaired) electrons. The molecule has 1 atom stereocenters. The lowest BCUT2D eigenvalue weighted by Gasteiger charge is -2.23. The topological polar surface area (TPSA) is 97.6 Å². The minimum absolute atomic E-state index is 0.0668. The van der Waals surface area contributed by atoms with Crippen molar-refractivity contribution in [1.82, 2.24) is 4.72 Å². The zero-order valence-corrected chi connectivity index (χ0v) is 13.6. The van der Waals surface area contributed by atoms with Gasteiger partial charge in [0.2, 0.25) is 10.0 Å². The van der Waals surface area contributed by atoms with Gasteiger partial charge in [0.1, 0.15) is 11.5 Å². The number of anilines is 1. The summed E-state index contributed by atoms with van der Waals surface area (Å²) in [4.78, 5) is 11.5. The van der Waals surface area contributed by atoms with Gasteiger partial charge in [0, 0.05) is 12.0 Å². The Bertz CT molecular complexity index is 903. The number of benzene rings is 1. The lowest BCUT2D eigenvalue weighted by molar-refractivity contribution is -0.118.